The van der Waals surface area contributed by atoms with Gasteiger partial charge in [0.15, 0.2) is 0 Å². The maximum absolute atomic E-state index is 3.82. The SMILES string of the molecule is CCCC(C)N1CC(C2CC2)NCC1C(C)(C)C. The molecule has 18 heavy (non-hydrogen) atoms. The molecule has 3 unspecified atom stereocenters. The molecule has 1 N–H and O–H groups in total. The predicted octanol–water partition coefficient (Wildman–Crippen LogP) is 3.27. The molecule has 0 radical (unpaired) electrons. The Hall–Kier alpha value is -0.0800. The van der Waals surface area contributed by atoms with Crippen LogP contribution in [0.15, 0.2) is 0 Å². The summed E-state index contributed by atoms with van der Waals surface area (Å²) in [6.45, 7) is 14.4. The normalized spacial score (nSPS) is 32.5. The Morgan fingerprint density at radius 3 is 2.44 bits per heavy atom. The molecular formula is C16H32N2. The van der Waals surface area contributed by atoms with Gasteiger partial charge in [-0.25, -0.2) is 0 Å². The monoisotopic (exact) mass is 252 g/mol. The molecule has 0 aromatic rings. The van der Waals surface area contributed by atoms with E-state index in [1.165, 1.54) is 38.8 Å². The molecule has 2 rings (SSSR count). The van der Waals surface area contributed by atoms with Crippen molar-refractivity contribution < 1.29 is 0 Å². The molecule has 106 valence electrons. The van der Waals surface area contributed by atoms with Gasteiger partial charge in [0.05, 0.1) is 0 Å². The van der Waals surface area contributed by atoms with Crippen LogP contribution in [0.25, 0.3) is 0 Å². The van der Waals surface area contributed by atoms with Gasteiger partial charge in [-0.15, -0.1) is 0 Å². The molecule has 1 saturated heterocycles. The van der Waals surface area contributed by atoms with Gasteiger partial charge < -0.3 is 5.32 Å². The number of nitrogens with one attached hydrogen (secondary N) is 1. The zero-order valence-corrected chi connectivity index (χ0v) is 13.0. The third kappa shape index (κ3) is 3.27. The van der Waals surface area contributed by atoms with Crippen molar-refractivity contribution >= 4 is 0 Å². The second-order valence-corrected chi connectivity index (χ2v) is 7.57. The molecule has 2 nitrogen and oxygen atoms in total. The molecule has 3 atom stereocenters. The Kier molecular flexibility index (Phi) is 4.38. The van der Waals surface area contributed by atoms with E-state index in [2.05, 4.69) is 44.8 Å². The largest absolute Gasteiger partial charge is 0.311 e. The smallest absolute Gasteiger partial charge is 0.0272 e. The quantitative estimate of drug-likeness (QED) is 0.826. The van der Waals surface area contributed by atoms with E-state index in [-0.39, 0.29) is 0 Å². The van der Waals surface area contributed by atoms with Crippen LogP contribution in [0.5, 0.6) is 0 Å². The Balaban J connectivity index is 2.04. The number of hydrogen-bond acceptors (Lipinski definition) is 2. The molecule has 0 spiro atoms. The van der Waals surface area contributed by atoms with Gasteiger partial charge in [0, 0.05) is 31.2 Å². The zero-order chi connectivity index (χ0) is 13.3. The van der Waals surface area contributed by atoms with Gasteiger partial charge in [-0.2, -0.15) is 0 Å². The number of hydrogen-bond donors (Lipinski definition) is 1. The van der Waals surface area contributed by atoms with E-state index in [1.807, 2.05) is 0 Å². The number of rotatable bonds is 4. The molecule has 0 aromatic heterocycles. The summed E-state index contributed by atoms with van der Waals surface area (Å²) in [6.07, 6.45) is 5.54. The fourth-order valence-corrected chi connectivity index (χ4v) is 3.49. The van der Waals surface area contributed by atoms with Crippen molar-refractivity contribution in [3.05, 3.63) is 0 Å². The van der Waals surface area contributed by atoms with Crippen molar-refractivity contribution in [1.29, 1.82) is 0 Å². The van der Waals surface area contributed by atoms with Crippen LogP contribution in [0, 0.1) is 11.3 Å². The van der Waals surface area contributed by atoms with Crippen LogP contribution in [0.3, 0.4) is 0 Å². The third-order valence-electron chi connectivity index (χ3n) is 4.84. The zero-order valence-electron chi connectivity index (χ0n) is 13.0. The van der Waals surface area contributed by atoms with Gasteiger partial charge in [0.1, 0.15) is 0 Å². The van der Waals surface area contributed by atoms with E-state index < -0.39 is 0 Å². The predicted molar refractivity (Wildman–Crippen MR) is 78.8 cm³/mol. The molecule has 2 heteroatoms. The minimum atomic E-state index is 0.378. The van der Waals surface area contributed by atoms with Crippen LogP contribution in [-0.2, 0) is 0 Å². The molecule has 0 amide bonds. The second-order valence-electron chi connectivity index (χ2n) is 7.57. The summed E-state index contributed by atoms with van der Waals surface area (Å²) in [5.74, 6) is 0.974. The Morgan fingerprint density at radius 2 is 1.94 bits per heavy atom. The topological polar surface area (TPSA) is 15.3 Å². The molecule has 1 aliphatic heterocycles. The molecule has 0 bridgehead atoms. The lowest BCUT2D eigenvalue weighted by molar-refractivity contribution is 0.0193. The minimum absolute atomic E-state index is 0.378. The lowest BCUT2D eigenvalue weighted by atomic mass is 9.82. The highest BCUT2D eigenvalue weighted by molar-refractivity contribution is 4.98. The van der Waals surface area contributed by atoms with E-state index in [9.17, 15) is 0 Å². The van der Waals surface area contributed by atoms with E-state index in [0.717, 1.165) is 18.0 Å². The summed E-state index contributed by atoms with van der Waals surface area (Å²) in [6, 6.07) is 2.19. The Morgan fingerprint density at radius 1 is 1.28 bits per heavy atom. The highest BCUT2D eigenvalue weighted by Gasteiger charge is 2.41. The van der Waals surface area contributed by atoms with E-state index in [0.29, 0.717) is 11.5 Å². The van der Waals surface area contributed by atoms with Crippen LogP contribution in [-0.4, -0.2) is 36.1 Å². The Labute approximate surface area is 114 Å². The van der Waals surface area contributed by atoms with Gasteiger partial charge in [-0.05, 0) is 37.5 Å². The van der Waals surface area contributed by atoms with Crippen molar-refractivity contribution in [2.75, 3.05) is 13.1 Å². The molecule has 1 saturated carbocycles. The van der Waals surface area contributed by atoms with Crippen molar-refractivity contribution in [1.82, 2.24) is 10.2 Å². The van der Waals surface area contributed by atoms with Gasteiger partial charge in [0.2, 0.25) is 0 Å². The van der Waals surface area contributed by atoms with E-state index >= 15 is 0 Å². The average Bonchev–Trinajstić information content (AvgIpc) is 3.11. The first kappa shape index (κ1) is 14.3. The van der Waals surface area contributed by atoms with Gasteiger partial charge >= 0.3 is 0 Å². The minimum Gasteiger partial charge on any atom is -0.311 e. The first-order valence-corrected chi connectivity index (χ1v) is 7.92. The van der Waals surface area contributed by atoms with Crippen LogP contribution >= 0.6 is 0 Å². The summed E-state index contributed by atoms with van der Waals surface area (Å²) in [5, 5.41) is 3.82. The van der Waals surface area contributed by atoms with Gasteiger partial charge in [0.25, 0.3) is 0 Å². The molecule has 1 heterocycles. The second kappa shape index (κ2) is 5.50. The maximum Gasteiger partial charge on any atom is 0.0272 e. The van der Waals surface area contributed by atoms with Crippen molar-refractivity contribution in [3.8, 4) is 0 Å². The fraction of sp³-hybridized carbons (Fsp3) is 1.00. The number of nitrogens with zero attached hydrogens (tertiary/aromatic N) is 1. The number of piperazine rings is 1. The van der Waals surface area contributed by atoms with Gasteiger partial charge in [-0.3, -0.25) is 4.90 Å². The summed E-state index contributed by atoms with van der Waals surface area (Å²) in [4.78, 5) is 2.81. The molecule has 1 aliphatic carbocycles. The van der Waals surface area contributed by atoms with Crippen LogP contribution in [0.1, 0.15) is 60.3 Å². The molecule has 2 aliphatic rings. The van der Waals surface area contributed by atoms with Crippen molar-refractivity contribution in [2.45, 2.75) is 78.4 Å². The lowest BCUT2D eigenvalue weighted by Crippen LogP contribution is -2.63. The van der Waals surface area contributed by atoms with E-state index in [4.69, 9.17) is 0 Å². The van der Waals surface area contributed by atoms with Crippen molar-refractivity contribution in [2.24, 2.45) is 11.3 Å². The van der Waals surface area contributed by atoms with Crippen molar-refractivity contribution in [3.63, 3.8) is 0 Å². The average molecular weight is 252 g/mol. The van der Waals surface area contributed by atoms with Crippen LogP contribution in [0.2, 0.25) is 0 Å². The van der Waals surface area contributed by atoms with Crippen LogP contribution in [0.4, 0.5) is 0 Å². The summed E-state index contributed by atoms with van der Waals surface area (Å²) < 4.78 is 0. The Bertz CT molecular complexity index is 265. The third-order valence-corrected chi connectivity index (χ3v) is 4.84. The highest BCUT2D eigenvalue weighted by Crippen LogP contribution is 2.37. The summed E-state index contributed by atoms with van der Waals surface area (Å²) in [7, 11) is 0. The molecule has 2 fully saturated rings. The van der Waals surface area contributed by atoms with Gasteiger partial charge in [-0.1, -0.05) is 34.1 Å². The molecular weight excluding hydrogens is 220 g/mol. The standard InChI is InChI=1S/C16H32N2/c1-6-7-12(2)18-11-14(13-8-9-13)17-10-15(18)16(3,4)5/h12-15,17H,6-11H2,1-5H3. The molecule has 0 aromatic carbocycles. The first-order chi connectivity index (χ1) is 8.43. The van der Waals surface area contributed by atoms with E-state index in [1.54, 1.807) is 0 Å². The lowest BCUT2D eigenvalue weighted by Gasteiger charge is -2.49. The maximum atomic E-state index is 3.82. The highest BCUT2D eigenvalue weighted by atomic mass is 15.3. The summed E-state index contributed by atoms with van der Waals surface area (Å²) in [5.41, 5.74) is 0.378. The van der Waals surface area contributed by atoms with Crippen LogP contribution < -0.4 is 5.32 Å². The fourth-order valence-electron chi connectivity index (χ4n) is 3.49. The summed E-state index contributed by atoms with van der Waals surface area (Å²) >= 11 is 0. The first-order valence-electron chi connectivity index (χ1n) is 7.92.